The van der Waals surface area contributed by atoms with E-state index < -0.39 is 11.7 Å². The van der Waals surface area contributed by atoms with E-state index in [1.165, 1.54) is 12.1 Å². The SMILES string of the molecule is N#Cc1c(Br)cccc1Nc1cccc(C(F)(F)F)c1. The molecule has 2 rings (SSSR count). The van der Waals surface area contributed by atoms with E-state index in [1.54, 1.807) is 18.2 Å². The van der Waals surface area contributed by atoms with Crippen LogP contribution in [-0.2, 0) is 6.18 Å². The lowest BCUT2D eigenvalue weighted by atomic mass is 10.1. The van der Waals surface area contributed by atoms with E-state index in [0.717, 1.165) is 12.1 Å². The first kappa shape index (κ1) is 14.4. The monoisotopic (exact) mass is 340 g/mol. The van der Waals surface area contributed by atoms with E-state index >= 15 is 0 Å². The summed E-state index contributed by atoms with van der Waals surface area (Å²) in [7, 11) is 0. The Labute approximate surface area is 122 Å². The van der Waals surface area contributed by atoms with Crippen molar-refractivity contribution in [1.29, 1.82) is 5.26 Å². The molecule has 0 bridgehead atoms. The van der Waals surface area contributed by atoms with Crippen LogP contribution in [0.25, 0.3) is 0 Å². The summed E-state index contributed by atoms with van der Waals surface area (Å²) in [5, 5.41) is 11.9. The van der Waals surface area contributed by atoms with Crippen molar-refractivity contribution >= 4 is 27.3 Å². The molecule has 2 aromatic carbocycles. The number of alkyl halides is 3. The first-order valence-corrected chi connectivity index (χ1v) is 6.34. The van der Waals surface area contributed by atoms with Gasteiger partial charge in [0.1, 0.15) is 6.07 Å². The van der Waals surface area contributed by atoms with Crippen molar-refractivity contribution in [2.45, 2.75) is 6.18 Å². The summed E-state index contributed by atoms with van der Waals surface area (Å²) in [4.78, 5) is 0. The van der Waals surface area contributed by atoms with Crippen LogP contribution in [0.4, 0.5) is 24.5 Å². The van der Waals surface area contributed by atoms with Crippen LogP contribution < -0.4 is 5.32 Å². The number of anilines is 2. The highest BCUT2D eigenvalue weighted by molar-refractivity contribution is 9.10. The Morgan fingerprint density at radius 1 is 1.10 bits per heavy atom. The Balaban J connectivity index is 2.37. The average Bonchev–Trinajstić information content (AvgIpc) is 2.38. The Morgan fingerprint density at radius 2 is 1.80 bits per heavy atom. The molecule has 20 heavy (non-hydrogen) atoms. The van der Waals surface area contributed by atoms with E-state index in [2.05, 4.69) is 21.2 Å². The fourth-order valence-electron chi connectivity index (χ4n) is 1.67. The number of benzene rings is 2. The number of nitrogens with one attached hydrogen (secondary N) is 1. The van der Waals surface area contributed by atoms with Crippen LogP contribution in [0.3, 0.4) is 0 Å². The first-order chi connectivity index (χ1) is 9.41. The maximum Gasteiger partial charge on any atom is 0.416 e. The maximum atomic E-state index is 12.6. The molecule has 0 radical (unpaired) electrons. The molecule has 2 aromatic rings. The van der Waals surface area contributed by atoms with Crippen molar-refractivity contribution in [2.24, 2.45) is 0 Å². The fourth-order valence-corrected chi connectivity index (χ4v) is 2.13. The minimum Gasteiger partial charge on any atom is -0.354 e. The third kappa shape index (κ3) is 3.11. The summed E-state index contributed by atoms with van der Waals surface area (Å²) >= 11 is 3.22. The highest BCUT2D eigenvalue weighted by atomic mass is 79.9. The second-order valence-electron chi connectivity index (χ2n) is 3.98. The molecule has 0 aliphatic carbocycles. The van der Waals surface area contributed by atoms with Gasteiger partial charge in [-0.05, 0) is 46.3 Å². The number of nitriles is 1. The highest BCUT2D eigenvalue weighted by Gasteiger charge is 2.30. The van der Waals surface area contributed by atoms with Gasteiger partial charge in [0.15, 0.2) is 0 Å². The molecule has 0 aromatic heterocycles. The quantitative estimate of drug-likeness (QED) is 0.827. The Kier molecular flexibility index (Phi) is 4.00. The third-order valence-corrected chi connectivity index (χ3v) is 3.26. The van der Waals surface area contributed by atoms with Crippen LogP contribution in [-0.4, -0.2) is 0 Å². The summed E-state index contributed by atoms with van der Waals surface area (Å²) in [6.07, 6.45) is -4.40. The standard InChI is InChI=1S/C14H8BrF3N2/c15-12-5-2-6-13(11(12)8-19)20-10-4-1-3-9(7-10)14(16,17)18/h1-7,20H. The number of halogens is 4. The Hall–Kier alpha value is -2.00. The van der Waals surface area contributed by atoms with Crippen LogP contribution in [0, 0.1) is 11.3 Å². The molecule has 0 spiro atoms. The molecule has 1 N–H and O–H groups in total. The predicted molar refractivity (Wildman–Crippen MR) is 73.6 cm³/mol. The second-order valence-corrected chi connectivity index (χ2v) is 4.83. The van der Waals surface area contributed by atoms with Crippen LogP contribution in [0.2, 0.25) is 0 Å². The highest BCUT2D eigenvalue weighted by Crippen LogP contribution is 2.32. The van der Waals surface area contributed by atoms with E-state index in [0.29, 0.717) is 15.7 Å². The van der Waals surface area contributed by atoms with Gasteiger partial charge in [0, 0.05) is 10.2 Å². The zero-order valence-electron chi connectivity index (χ0n) is 10.0. The molecule has 0 atom stereocenters. The van der Waals surface area contributed by atoms with Gasteiger partial charge in [-0.1, -0.05) is 12.1 Å². The topological polar surface area (TPSA) is 35.8 Å². The van der Waals surface area contributed by atoms with Crippen LogP contribution in [0.15, 0.2) is 46.9 Å². The summed E-state index contributed by atoms with van der Waals surface area (Å²) in [5.74, 6) is 0. The van der Waals surface area contributed by atoms with E-state index in [9.17, 15) is 13.2 Å². The lowest BCUT2D eigenvalue weighted by molar-refractivity contribution is -0.137. The third-order valence-electron chi connectivity index (χ3n) is 2.59. The van der Waals surface area contributed by atoms with Crippen molar-refractivity contribution < 1.29 is 13.2 Å². The Morgan fingerprint density at radius 3 is 2.45 bits per heavy atom. The van der Waals surface area contributed by atoms with E-state index in [4.69, 9.17) is 5.26 Å². The van der Waals surface area contributed by atoms with Crippen LogP contribution in [0.5, 0.6) is 0 Å². The zero-order chi connectivity index (χ0) is 14.8. The van der Waals surface area contributed by atoms with Gasteiger partial charge >= 0.3 is 6.18 Å². The number of hydrogen-bond acceptors (Lipinski definition) is 2. The number of hydrogen-bond donors (Lipinski definition) is 1. The van der Waals surface area contributed by atoms with Crippen molar-refractivity contribution in [3.63, 3.8) is 0 Å². The molecule has 0 fully saturated rings. The van der Waals surface area contributed by atoms with Crippen molar-refractivity contribution in [2.75, 3.05) is 5.32 Å². The molecule has 0 heterocycles. The van der Waals surface area contributed by atoms with Gasteiger partial charge in [0.25, 0.3) is 0 Å². The molecule has 2 nitrogen and oxygen atoms in total. The van der Waals surface area contributed by atoms with Gasteiger partial charge in [-0.3, -0.25) is 0 Å². The molecule has 6 heteroatoms. The van der Waals surface area contributed by atoms with E-state index in [1.807, 2.05) is 6.07 Å². The zero-order valence-corrected chi connectivity index (χ0v) is 11.6. The van der Waals surface area contributed by atoms with Gasteiger partial charge in [-0.25, -0.2) is 0 Å². The molecular weight excluding hydrogens is 333 g/mol. The van der Waals surface area contributed by atoms with Gasteiger partial charge in [0.2, 0.25) is 0 Å². The summed E-state index contributed by atoms with van der Waals surface area (Å²) in [6.45, 7) is 0. The lowest BCUT2D eigenvalue weighted by Gasteiger charge is -2.12. The molecule has 102 valence electrons. The van der Waals surface area contributed by atoms with Gasteiger partial charge < -0.3 is 5.32 Å². The van der Waals surface area contributed by atoms with Crippen molar-refractivity contribution in [1.82, 2.24) is 0 Å². The fraction of sp³-hybridized carbons (Fsp3) is 0.0714. The summed E-state index contributed by atoms with van der Waals surface area (Å²) < 4.78 is 38.5. The minimum absolute atomic E-state index is 0.273. The predicted octanol–water partition coefficient (Wildman–Crippen LogP) is 5.08. The smallest absolute Gasteiger partial charge is 0.354 e. The second kappa shape index (κ2) is 5.55. The van der Waals surface area contributed by atoms with Gasteiger partial charge in [0.05, 0.1) is 16.8 Å². The molecule has 0 unspecified atom stereocenters. The summed E-state index contributed by atoms with van der Waals surface area (Å²) in [5.41, 5.74) is 0.316. The first-order valence-electron chi connectivity index (χ1n) is 5.54. The number of rotatable bonds is 2. The van der Waals surface area contributed by atoms with Crippen LogP contribution >= 0.6 is 15.9 Å². The molecule has 0 aliphatic rings. The summed E-state index contributed by atoms with van der Waals surface area (Å²) in [6, 6.07) is 11.8. The largest absolute Gasteiger partial charge is 0.416 e. The molecule has 0 aliphatic heterocycles. The average molecular weight is 341 g/mol. The lowest BCUT2D eigenvalue weighted by Crippen LogP contribution is -2.05. The Bertz CT molecular complexity index is 675. The normalized spacial score (nSPS) is 10.9. The minimum atomic E-state index is -4.40. The maximum absolute atomic E-state index is 12.6. The molecule has 0 saturated carbocycles. The van der Waals surface area contributed by atoms with Gasteiger partial charge in [-0.15, -0.1) is 0 Å². The molecular formula is C14H8BrF3N2. The van der Waals surface area contributed by atoms with Gasteiger partial charge in [-0.2, -0.15) is 18.4 Å². The molecule has 0 saturated heterocycles. The van der Waals surface area contributed by atoms with Crippen molar-refractivity contribution in [3.8, 4) is 6.07 Å². The number of nitrogens with zero attached hydrogens (tertiary/aromatic N) is 1. The van der Waals surface area contributed by atoms with Crippen molar-refractivity contribution in [3.05, 3.63) is 58.1 Å². The van der Waals surface area contributed by atoms with E-state index in [-0.39, 0.29) is 5.69 Å². The van der Waals surface area contributed by atoms with Crippen LogP contribution in [0.1, 0.15) is 11.1 Å². The molecule has 0 amide bonds.